The predicted octanol–water partition coefficient (Wildman–Crippen LogP) is 4.51. The van der Waals surface area contributed by atoms with Crippen LogP contribution in [0.15, 0.2) is 70.5 Å². The normalized spacial score (nSPS) is 11.6. The van der Waals surface area contributed by atoms with Crippen LogP contribution in [0.5, 0.6) is 5.75 Å². The largest absolute Gasteiger partial charge is 0.417 e. The van der Waals surface area contributed by atoms with Gasteiger partial charge in [0.2, 0.25) is 5.75 Å². The highest BCUT2D eigenvalue weighted by molar-refractivity contribution is 7.98. The molecule has 0 radical (unpaired) electrons. The van der Waals surface area contributed by atoms with Gasteiger partial charge in [0.05, 0.1) is 11.8 Å². The molecular formula is C21H20ClN3O4S. The highest BCUT2D eigenvalue weighted by Gasteiger charge is 2.15. The zero-order chi connectivity index (χ0) is 21.5. The van der Waals surface area contributed by atoms with E-state index in [1.165, 1.54) is 18.0 Å². The Bertz CT molecular complexity index is 1090. The van der Waals surface area contributed by atoms with E-state index in [4.69, 9.17) is 16.3 Å². The van der Waals surface area contributed by atoms with Crippen molar-refractivity contribution < 1.29 is 14.6 Å². The molecular weight excluding hydrogens is 426 g/mol. The summed E-state index contributed by atoms with van der Waals surface area (Å²) < 4.78 is 5.25. The Kier molecular flexibility index (Phi) is 7.40. The fourth-order valence-corrected chi connectivity index (χ4v) is 3.34. The number of aliphatic hydroxyl groups excluding tert-OH is 1. The van der Waals surface area contributed by atoms with Gasteiger partial charge in [-0.3, -0.25) is 10.1 Å². The number of amides is 1. The molecule has 0 spiro atoms. The molecule has 0 aliphatic rings. The molecule has 3 rings (SSSR count). The third kappa shape index (κ3) is 5.79. The first kappa shape index (κ1) is 21.8. The van der Waals surface area contributed by atoms with Gasteiger partial charge in [0, 0.05) is 28.3 Å². The Labute approximate surface area is 182 Å². The van der Waals surface area contributed by atoms with Gasteiger partial charge in [0.15, 0.2) is 0 Å². The lowest BCUT2D eigenvalue weighted by Gasteiger charge is -2.15. The van der Waals surface area contributed by atoms with Crippen molar-refractivity contribution in [3.63, 3.8) is 0 Å². The van der Waals surface area contributed by atoms with E-state index in [0.29, 0.717) is 16.3 Å². The summed E-state index contributed by atoms with van der Waals surface area (Å²) in [5.41, 5.74) is 0.858. The van der Waals surface area contributed by atoms with Crippen molar-refractivity contribution in [1.82, 2.24) is 4.98 Å². The van der Waals surface area contributed by atoms with Gasteiger partial charge in [-0.25, -0.2) is 4.79 Å². The summed E-state index contributed by atoms with van der Waals surface area (Å²) in [5.74, 6) is -0.200. The molecule has 0 aliphatic carbocycles. The molecule has 1 aromatic heterocycles. The van der Waals surface area contributed by atoms with Gasteiger partial charge in [0.25, 0.3) is 5.56 Å². The van der Waals surface area contributed by atoms with Gasteiger partial charge in [-0.05, 0) is 48.2 Å². The van der Waals surface area contributed by atoms with Crippen molar-refractivity contribution in [3.8, 4) is 5.75 Å². The summed E-state index contributed by atoms with van der Waals surface area (Å²) in [5, 5.41) is 16.4. The Morgan fingerprint density at radius 1 is 1.23 bits per heavy atom. The summed E-state index contributed by atoms with van der Waals surface area (Å²) in [6.07, 6.45) is 1.67. The average Bonchev–Trinajstić information content (AvgIpc) is 2.74. The molecule has 1 amide bonds. The van der Waals surface area contributed by atoms with Gasteiger partial charge in [0.1, 0.15) is 0 Å². The summed E-state index contributed by atoms with van der Waals surface area (Å²) in [6, 6.07) is 15.6. The van der Waals surface area contributed by atoms with Crippen molar-refractivity contribution in [2.45, 2.75) is 11.0 Å². The molecule has 9 heteroatoms. The number of pyridine rings is 1. The number of aromatic amines is 1. The van der Waals surface area contributed by atoms with Gasteiger partial charge in [-0.1, -0.05) is 29.8 Å². The van der Waals surface area contributed by atoms with Crippen LogP contribution in [0.4, 0.5) is 16.2 Å². The summed E-state index contributed by atoms with van der Waals surface area (Å²) in [6.45, 7) is 0.0809. The second kappa shape index (κ2) is 10.2. The molecule has 0 saturated heterocycles. The maximum atomic E-state index is 12.3. The topological polar surface area (TPSA) is 103 Å². The van der Waals surface area contributed by atoms with Crippen molar-refractivity contribution in [2.24, 2.45) is 0 Å². The lowest BCUT2D eigenvalue weighted by molar-refractivity contribution is 0.191. The number of thioether (sulfide) groups is 1. The van der Waals surface area contributed by atoms with E-state index in [1.807, 2.05) is 12.3 Å². The molecule has 4 N–H and O–H groups in total. The third-order valence-corrected chi connectivity index (χ3v) is 5.11. The lowest BCUT2D eigenvalue weighted by atomic mass is 10.1. The fraction of sp³-hybridized carbons (Fsp3) is 0.143. The van der Waals surface area contributed by atoms with Crippen LogP contribution in [0.2, 0.25) is 5.02 Å². The number of nitrogens with one attached hydrogen (secondary N) is 3. The zero-order valence-corrected chi connectivity index (χ0v) is 17.6. The van der Waals surface area contributed by atoms with Crippen LogP contribution in [0, 0.1) is 0 Å². The number of rotatable bonds is 7. The first-order valence-electron chi connectivity index (χ1n) is 8.98. The smallest absolute Gasteiger partial charge is 0.402 e. The summed E-state index contributed by atoms with van der Waals surface area (Å²) in [7, 11) is 0. The number of benzene rings is 2. The molecule has 0 aliphatic heterocycles. The predicted molar refractivity (Wildman–Crippen MR) is 120 cm³/mol. The Morgan fingerprint density at radius 3 is 2.80 bits per heavy atom. The fourth-order valence-electron chi connectivity index (χ4n) is 2.68. The van der Waals surface area contributed by atoms with E-state index in [2.05, 4.69) is 15.6 Å². The number of ether oxygens (including phenoxy) is 1. The molecule has 0 saturated carbocycles. The number of hydrogen-bond donors (Lipinski definition) is 4. The molecule has 1 atom stereocenters. The Hall–Kier alpha value is -2.94. The molecule has 0 bridgehead atoms. The lowest BCUT2D eigenvalue weighted by Crippen LogP contribution is -2.23. The number of carbonyl (C=O) groups is 1. The van der Waals surface area contributed by atoms with E-state index in [-0.39, 0.29) is 18.0 Å². The van der Waals surface area contributed by atoms with Crippen LogP contribution in [0.25, 0.3) is 0 Å². The van der Waals surface area contributed by atoms with Crippen LogP contribution in [0.1, 0.15) is 11.7 Å². The molecule has 2 aromatic carbocycles. The number of anilines is 2. The van der Waals surface area contributed by atoms with Crippen LogP contribution < -0.4 is 20.9 Å². The Morgan fingerprint density at radius 2 is 2.03 bits per heavy atom. The minimum absolute atomic E-state index is 0.0809. The monoisotopic (exact) mass is 445 g/mol. The summed E-state index contributed by atoms with van der Waals surface area (Å²) >= 11 is 7.49. The minimum atomic E-state index is -0.876. The maximum Gasteiger partial charge on any atom is 0.417 e. The van der Waals surface area contributed by atoms with Gasteiger partial charge < -0.3 is 20.1 Å². The zero-order valence-electron chi connectivity index (χ0n) is 16.0. The standard InChI is InChI=1S/C21H20ClN3O4S/c1-30-16-7-3-6-15(11-16)25-21(28)29-19-17(8-9-23-20(19)27)24-12-18(26)13-4-2-5-14(22)10-13/h2-11,18,26H,12H2,1H3,(H,25,28)(H2,23,24,27)/t18-/m1/s1. The Balaban J connectivity index is 1.69. The highest BCUT2D eigenvalue weighted by atomic mass is 35.5. The second-order valence-electron chi connectivity index (χ2n) is 6.25. The van der Waals surface area contributed by atoms with Crippen molar-refractivity contribution in [1.29, 1.82) is 0 Å². The van der Waals surface area contributed by atoms with Crippen molar-refractivity contribution >= 4 is 40.8 Å². The number of hydrogen-bond acceptors (Lipinski definition) is 6. The molecule has 7 nitrogen and oxygen atoms in total. The molecule has 3 aromatic rings. The number of H-pyrrole nitrogens is 1. The SMILES string of the molecule is CSc1cccc(NC(=O)Oc2c(NC[C@@H](O)c3cccc(Cl)c3)cc[nH]c2=O)c1. The third-order valence-electron chi connectivity index (χ3n) is 4.15. The average molecular weight is 446 g/mol. The number of aliphatic hydroxyl groups is 1. The number of carbonyl (C=O) groups excluding carboxylic acids is 1. The summed E-state index contributed by atoms with van der Waals surface area (Å²) in [4.78, 5) is 27.9. The molecule has 156 valence electrons. The highest BCUT2D eigenvalue weighted by Crippen LogP contribution is 2.23. The molecule has 0 fully saturated rings. The minimum Gasteiger partial charge on any atom is -0.402 e. The van der Waals surface area contributed by atoms with E-state index in [9.17, 15) is 14.7 Å². The van der Waals surface area contributed by atoms with Crippen LogP contribution >= 0.6 is 23.4 Å². The van der Waals surface area contributed by atoms with E-state index in [1.54, 1.807) is 48.5 Å². The van der Waals surface area contributed by atoms with Crippen LogP contribution in [0.3, 0.4) is 0 Å². The van der Waals surface area contributed by atoms with Gasteiger partial charge >= 0.3 is 6.09 Å². The van der Waals surface area contributed by atoms with E-state index >= 15 is 0 Å². The van der Waals surface area contributed by atoms with Crippen LogP contribution in [-0.4, -0.2) is 29.0 Å². The van der Waals surface area contributed by atoms with E-state index < -0.39 is 17.8 Å². The first-order valence-corrected chi connectivity index (χ1v) is 10.6. The second-order valence-corrected chi connectivity index (χ2v) is 7.56. The molecule has 1 heterocycles. The number of aromatic nitrogens is 1. The van der Waals surface area contributed by atoms with Gasteiger partial charge in [-0.2, -0.15) is 0 Å². The quantitative estimate of drug-likeness (QED) is 0.399. The molecule has 30 heavy (non-hydrogen) atoms. The van der Waals surface area contributed by atoms with Crippen molar-refractivity contribution in [3.05, 3.63) is 81.7 Å². The number of halogens is 1. The maximum absolute atomic E-state index is 12.3. The molecule has 0 unspecified atom stereocenters. The van der Waals surface area contributed by atoms with Gasteiger partial charge in [-0.15, -0.1) is 11.8 Å². The van der Waals surface area contributed by atoms with Crippen molar-refractivity contribution in [2.75, 3.05) is 23.4 Å². The van der Waals surface area contributed by atoms with Crippen LogP contribution in [-0.2, 0) is 0 Å². The van der Waals surface area contributed by atoms with E-state index in [0.717, 1.165) is 4.90 Å². The first-order chi connectivity index (χ1) is 14.5.